The first-order valence-electron chi connectivity index (χ1n) is 6.73. The number of Topliss-reactive ketones (excluding diaryl/α,β-unsaturated/α-hetero) is 1. The van der Waals surface area contributed by atoms with E-state index in [0.29, 0.717) is 22.4 Å². The van der Waals surface area contributed by atoms with Crippen molar-refractivity contribution < 1.29 is 19.1 Å². The molecule has 4 nitrogen and oxygen atoms in total. The largest absolute Gasteiger partial charge is 0.496 e. The normalized spacial score (nSPS) is 19.5. The number of carbonyl (C=O) groups is 2. The zero-order valence-electron chi connectivity index (χ0n) is 11.8. The van der Waals surface area contributed by atoms with Crippen molar-refractivity contribution in [1.82, 2.24) is 0 Å². The number of hydrogen-bond donors (Lipinski definition) is 0. The van der Waals surface area contributed by atoms with E-state index < -0.39 is 10.5 Å². The van der Waals surface area contributed by atoms with Gasteiger partial charge in [-0.3, -0.25) is 4.79 Å². The van der Waals surface area contributed by atoms with E-state index in [1.165, 1.54) is 7.11 Å². The van der Waals surface area contributed by atoms with Gasteiger partial charge in [0.15, 0.2) is 10.3 Å². The molecule has 5 heteroatoms. The molecule has 0 spiro atoms. The second-order valence-corrected chi connectivity index (χ2v) is 6.24. The molecule has 2 aromatic carbocycles. The van der Waals surface area contributed by atoms with Gasteiger partial charge in [-0.1, -0.05) is 30.3 Å². The Morgan fingerprint density at radius 1 is 1.18 bits per heavy atom. The van der Waals surface area contributed by atoms with Crippen molar-refractivity contribution in [2.24, 2.45) is 0 Å². The van der Waals surface area contributed by atoms with Gasteiger partial charge in [0.1, 0.15) is 5.75 Å². The first-order chi connectivity index (χ1) is 10.5. The Hall–Kier alpha value is -2.14. The predicted octanol–water partition coefficient (Wildman–Crippen LogP) is 3.69. The van der Waals surface area contributed by atoms with Gasteiger partial charge >= 0.3 is 5.97 Å². The molecule has 1 aliphatic heterocycles. The topological polar surface area (TPSA) is 52.6 Å². The fourth-order valence-corrected chi connectivity index (χ4v) is 3.30. The van der Waals surface area contributed by atoms with Crippen LogP contribution in [0, 0.1) is 0 Å². The fourth-order valence-electron chi connectivity index (χ4n) is 2.55. The zero-order chi connectivity index (χ0) is 15.7. The number of ether oxygens (including phenoxy) is 2. The Morgan fingerprint density at radius 3 is 2.64 bits per heavy atom. The molecule has 112 valence electrons. The van der Waals surface area contributed by atoms with Gasteiger partial charge in [0, 0.05) is 5.56 Å². The Kier molecular flexibility index (Phi) is 3.74. The maximum absolute atomic E-state index is 12.6. The van der Waals surface area contributed by atoms with E-state index >= 15 is 0 Å². The van der Waals surface area contributed by atoms with Crippen molar-refractivity contribution in [2.45, 2.75) is 10.9 Å². The minimum absolute atomic E-state index is 0.00384. The van der Waals surface area contributed by atoms with E-state index in [-0.39, 0.29) is 12.2 Å². The number of alkyl halides is 1. The number of cyclic esters (lactones) is 1. The van der Waals surface area contributed by atoms with E-state index in [0.717, 1.165) is 0 Å². The maximum Gasteiger partial charge on any atom is 0.340 e. The SMILES string of the molecule is COc1ccccc1C(=O)CC1(Br)OC(=O)c2ccccc21. The van der Waals surface area contributed by atoms with Gasteiger partial charge in [0.25, 0.3) is 0 Å². The van der Waals surface area contributed by atoms with Gasteiger partial charge in [-0.25, -0.2) is 4.79 Å². The summed E-state index contributed by atoms with van der Waals surface area (Å²) < 4.78 is 9.49. The highest BCUT2D eigenvalue weighted by atomic mass is 79.9. The smallest absolute Gasteiger partial charge is 0.340 e. The number of rotatable bonds is 4. The molecule has 1 atom stereocenters. The van der Waals surface area contributed by atoms with Crippen molar-refractivity contribution in [3.05, 3.63) is 65.2 Å². The van der Waals surface area contributed by atoms with Crippen molar-refractivity contribution in [3.8, 4) is 5.75 Å². The number of methoxy groups -OCH3 is 1. The van der Waals surface area contributed by atoms with Crippen LogP contribution in [0.4, 0.5) is 0 Å². The van der Waals surface area contributed by atoms with Crippen LogP contribution in [0.25, 0.3) is 0 Å². The van der Waals surface area contributed by atoms with E-state index in [1.807, 2.05) is 6.07 Å². The number of benzene rings is 2. The van der Waals surface area contributed by atoms with Crippen LogP contribution in [-0.2, 0) is 9.25 Å². The van der Waals surface area contributed by atoms with Crippen LogP contribution in [0.15, 0.2) is 48.5 Å². The van der Waals surface area contributed by atoms with Gasteiger partial charge in [0.05, 0.1) is 24.7 Å². The Labute approximate surface area is 136 Å². The standard InChI is InChI=1S/C17H13BrO4/c1-21-15-9-5-3-7-12(15)14(19)10-17(18)13-8-4-2-6-11(13)16(20)22-17/h2-9H,10H2,1H3. The van der Waals surface area contributed by atoms with Crippen LogP contribution in [0.2, 0.25) is 0 Å². The number of carbonyl (C=O) groups excluding carboxylic acids is 2. The summed E-state index contributed by atoms with van der Waals surface area (Å²) in [7, 11) is 1.51. The molecule has 1 aliphatic rings. The molecule has 0 N–H and O–H groups in total. The summed E-state index contributed by atoms with van der Waals surface area (Å²) >= 11 is 3.42. The molecule has 3 rings (SSSR count). The molecule has 0 saturated carbocycles. The molecule has 1 unspecified atom stereocenters. The number of esters is 1. The minimum Gasteiger partial charge on any atom is -0.496 e. The lowest BCUT2D eigenvalue weighted by atomic mass is 9.98. The van der Waals surface area contributed by atoms with Gasteiger partial charge in [-0.15, -0.1) is 0 Å². The van der Waals surface area contributed by atoms with E-state index in [2.05, 4.69) is 15.9 Å². The third kappa shape index (κ3) is 2.41. The van der Waals surface area contributed by atoms with Gasteiger partial charge in [-0.2, -0.15) is 0 Å². The average molecular weight is 361 g/mol. The number of halogens is 1. The summed E-state index contributed by atoms with van der Waals surface area (Å²) in [6.45, 7) is 0. The highest BCUT2D eigenvalue weighted by molar-refractivity contribution is 9.09. The highest BCUT2D eigenvalue weighted by Gasteiger charge is 2.45. The number of hydrogen-bond acceptors (Lipinski definition) is 4. The molecule has 0 aromatic heterocycles. The van der Waals surface area contributed by atoms with Gasteiger partial charge in [0.2, 0.25) is 0 Å². The molecule has 2 aromatic rings. The van der Waals surface area contributed by atoms with E-state index in [4.69, 9.17) is 9.47 Å². The Morgan fingerprint density at radius 2 is 1.86 bits per heavy atom. The first kappa shape index (κ1) is 14.8. The molecular formula is C17H13BrO4. The molecule has 0 fully saturated rings. The Balaban J connectivity index is 1.93. The zero-order valence-corrected chi connectivity index (χ0v) is 13.4. The van der Waals surface area contributed by atoms with Crippen molar-refractivity contribution in [3.63, 3.8) is 0 Å². The summed E-state index contributed by atoms with van der Waals surface area (Å²) in [5.41, 5.74) is 1.61. The van der Waals surface area contributed by atoms with Crippen LogP contribution in [-0.4, -0.2) is 18.9 Å². The van der Waals surface area contributed by atoms with E-state index in [9.17, 15) is 9.59 Å². The quantitative estimate of drug-likeness (QED) is 0.474. The van der Waals surface area contributed by atoms with Crippen molar-refractivity contribution in [2.75, 3.05) is 7.11 Å². The number of fused-ring (bicyclic) bond motifs is 1. The van der Waals surface area contributed by atoms with Crippen LogP contribution in [0.3, 0.4) is 0 Å². The maximum atomic E-state index is 12.6. The average Bonchev–Trinajstić information content (AvgIpc) is 2.79. The lowest BCUT2D eigenvalue weighted by molar-refractivity contribution is 0.0290. The molecule has 0 aliphatic carbocycles. The molecule has 0 bridgehead atoms. The highest BCUT2D eigenvalue weighted by Crippen LogP contribution is 2.45. The second kappa shape index (κ2) is 5.57. The monoisotopic (exact) mass is 360 g/mol. The van der Waals surface area contributed by atoms with E-state index in [1.54, 1.807) is 42.5 Å². The van der Waals surface area contributed by atoms with Crippen molar-refractivity contribution >= 4 is 27.7 Å². The Bertz CT molecular complexity index is 756. The third-order valence-corrected chi connectivity index (χ3v) is 4.47. The summed E-state index contributed by atoms with van der Waals surface area (Å²) in [5, 5.41) is 0. The molecule has 1 heterocycles. The summed E-state index contributed by atoms with van der Waals surface area (Å²) in [4.78, 5) is 24.5. The van der Waals surface area contributed by atoms with Gasteiger partial charge in [-0.05, 0) is 34.1 Å². The molecular weight excluding hydrogens is 348 g/mol. The minimum atomic E-state index is -1.13. The van der Waals surface area contributed by atoms with Crippen molar-refractivity contribution in [1.29, 1.82) is 0 Å². The third-order valence-electron chi connectivity index (χ3n) is 3.60. The van der Waals surface area contributed by atoms with Crippen LogP contribution in [0.5, 0.6) is 5.75 Å². The van der Waals surface area contributed by atoms with Crippen LogP contribution >= 0.6 is 15.9 Å². The predicted molar refractivity (Wildman–Crippen MR) is 84.4 cm³/mol. The number of para-hydroxylation sites is 1. The summed E-state index contributed by atoms with van der Waals surface area (Å²) in [6, 6.07) is 14.0. The summed E-state index contributed by atoms with van der Waals surface area (Å²) in [5.74, 6) is -0.0969. The summed E-state index contributed by atoms with van der Waals surface area (Å²) in [6.07, 6.45) is -0.00384. The van der Waals surface area contributed by atoms with Crippen LogP contribution in [0.1, 0.15) is 32.7 Å². The first-order valence-corrected chi connectivity index (χ1v) is 7.52. The molecule has 0 amide bonds. The van der Waals surface area contributed by atoms with Gasteiger partial charge < -0.3 is 9.47 Å². The lowest BCUT2D eigenvalue weighted by Crippen LogP contribution is -2.22. The lowest BCUT2D eigenvalue weighted by Gasteiger charge is -2.21. The molecule has 0 radical (unpaired) electrons. The van der Waals surface area contributed by atoms with Crippen LogP contribution < -0.4 is 4.74 Å². The number of ketones is 1. The molecule has 0 saturated heterocycles. The second-order valence-electron chi connectivity index (χ2n) is 4.96. The fraction of sp³-hybridized carbons (Fsp3) is 0.176. The molecule has 22 heavy (non-hydrogen) atoms.